The molecule has 0 radical (unpaired) electrons. The number of aryl methyl sites for hydroxylation is 1. The summed E-state index contributed by atoms with van der Waals surface area (Å²) in [7, 11) is 0. The third-order valence-electron chi connectivity index (χ3n) is 6.41. The largest absolute Gasteiger partial charge is 0.507 e. The Hall–Kier alpha value is -3.42. The zero-order valence-corrected chi connectivity index (χ0v) is 20.1. The Bertz CT molecular complexity index is 1090. The van der Waals surface area contributed by atoms with Crippen LogP contribution in [0.2, 0.25) is 0 Å². The van der Waals surface area contributed by atoms with Gasteiger partial charge in [-0.1, -0.05) is 42.5 Å². The fraction of sp³-hybridized carbons (Fsp3) is 0.357. The third-order valence-corrected chi connectivity index (χ3v) is 6.41. The first kappa shape index (κ1) is 24.7. The number of nitrogens with zero attached hydrogens (tertiary/aromatic N) is 2. The van der Waals surface area contributed by atoms with E-state index in [1.165, 1.54) is 0 Å². The van der Waals surface area contributed by atoms with Crippen LogP contribution < -0.4 is 4.74 Å². The Balaban J connectivity index is 1.63. The summed E-state index contributed by atoms with van der Waals surface area (Å²) in [6.07, 6.45) is 2.38. The van der Waals surface area contributed by atoms with E-state index in [-0.39, 0.29) is 11.3 Å². The van der Waals surface area contributed by atoms with Gasteiger partial charge in [0.05, 0.1) is 24.8 Å². The Labute approximate surface area is 206 Å². The molecular formula is C28H32N2O5. The van der Waals surface area contributed by atoms with E-state index in [9.17, 15) is 14.7 Å². The first-order valence-corrected chi connectivity index (χ1v) is 12.0. The highest BCUT2D eigenvalue weighted by Crippen LogP contribution is 2.39. The van der Waals surface area contributed by atoms with E-state index >= 15 is 0 Å². The second kappa shape index (κ2) is 11.3. The Kier molecular flexibility index (Phi) is 8.00. The molecule has 0 unspecified atom stereocenters. The number of benzene rings is 2. The number of hydrogen-bond acceptors (Lipinski definition) is 6. The van der Waals surface area contributed by atoms with E-state index in [1.807, 2.05) is 31.2 Å². The minimum Gasteiger partial charge on any atom is -0.507 e. The number of carbonyl (C=O) groups excluding carboxylic acids is 2. The van der Waals surface area contributed by atoms with Gasteiger partial charge < -0.3 is 19.5 Å². The van der Waals surface area contributed by atoms with Gasteiger partial charge in [-0.25, -0.2) is 0 Å². The molecule has 2 aliphatic heterocycles. The highest BCUT2D eigenvalue weighted by atomic mass is 16.5. The standard InChI is InChI=1S/C28H32N2O5/c1-3-17-35-23-11-9-22(10-12-23)26(31)24-25(21-7-5-20(2)6-8-21)30(28(33)27(24)32)14-4-13-29-15-18-34-19-16-29/h3,5-12,25,31H,1,4,13-19H2,2H3/b26-24+/t25-/m1/s1. The predicted octanol–water partition coefficient (Wildman–Crippen LogP) is 3.70. The number of likely N-dealkylation sites (tertiary alicyclic amines) is 1. The normalized spacial score (nSPS) is 20.3. The van der Waals surface area contributed by atoms with Crippen LogP contribution >= 0.6 is 0 Å². The van der Waals surface area contributed by atoms with Crippen LogP contribution in [0.15, 0.2) is 66.8 Å². The molecule has 2 aliphatic rings. The molecule has 0 aromatic heterocycles. The molecule has 2 aromatic rings. The van der Waals surface area contributed by atoms with E-state index in [1.54, 1.807) is 35.2 Å². The SMILES string of the molecule is C=CCOc1ccc(/C(O)=C2\C(=O)C(=O)N(CCCN3CCOCC3)[C@@H]2c2ccc(C)cc2)cc1. The summed E-state index contributed by atoms with van der Waals surface area (Å²) in [5.74, 6) is -0.795. The van der Waals surface area contributed by atoms with Gasteiger partial charge in [-0.2, -0.15) is 0 Å². The van der Waals surface area contributed by atoms with Crippen LogP contribution in [0.5, 0.6) is 5.75 Å². The van der Waals surface area contributed by atoms with Crippen molar-refractivity contribution in [3.8, 4) is 5.75 Å². The van der Waals surface area contributed by atoms with Crippen LogP contribution in [0.4, 0.5) is 0 Å². The Morgan fingerprint density at radius 1 is 1.09 bits per heavy atom. The average Bonchev–Trinajstić information content (AvgIpc) is 3.13. The van der Waals surface area contributed by atoms with Crippen LogP contribution in [0.3, 0.4) is 0 Å². The van der Waals surface area contributed by atoms with Crippen molar-refractivity contribution in [1.29, 1.82) is 0 Å². The first-order valence-electron chi connectivity index (χ1n) is 12.0. The average molecular weight is 477 g/mol. The van der Waals surface area contributed by atoms with Gasteiger partial charge in [-0.05, 0) is 43.2 Å². The molecule has 184 valence electrons. The summed E-state index contributed by atoms with van der Waals surface area (Å²) in [5.41, 5.74) is 2.45. The zero-order valence-electron chi connectivity index (χ0n) is 20.1. The molecule has 1 atom stereocenters. The topological polar surface area (TPSA) is 79.3 Å². The van der Waals surface area contributed by atoms with Gasteiger partial charge in [0.25, 0.3) is 11.7 Å². The van der Waals surface area contributed by atoms with E-state index < -0.39 is 17.7 Å². The predicted molar refractivity (Wildman–Crippen MR) is 134 cm³/mol. The van der Waals surface area contributed by atoms with Crippen molar-refractivity contribution in [3.05, 3.63) is 83.4 Å². The number of ether oxygens (including phenoxy) is 2. The van der Waals surface area contributed by atoms with Crippen LogP contribution in [0, 0.1) is 6.92 Å². The molecule has 7 nitrogen and oxygen atoms in total. The smallest absolute Gasteiger partial charge is 0.295 e. The lowest BCUT2D eigenvalue weighted by molar-refractivity contribution is -0.140. The van der Waals surface area contributed by atoms with Gasteiger partial charge in [0.1, 0.15) is 18.1 Å². The maximum absolute atomic E-state index is 13.2. The fourth-order valence-corrected chi connectivity index (χ4v) is 4.52. The molecule has 4 rings (SSSR count). The van der Waals surface area contributed by atoms with Gasteiger partial charge in [-0.3, -0.25) is 14.5 Å². The first-order chi connectivity index (χ1) is 17.0. The van der Waals surface area contributed by atoms with Crippen LogP contribution in [0.1, 0.15) is 29.2 Å². The van der Waals surface area contributed by atoms with E-state index in [0.717, 1.165) is 37.2 Å². The minimum absolute atomic E-state index is 0.116. The minimum atomic E-state index is -0.661. The molecule has 2 saturated heterocycles. The summed E-state index contributed by atoms with van der Waals surface area (Å²) in [4.78, 5) is 30.2. The third kappa shape index (κ3) is 5.63. The van der Waals surface area contributed by atoms with Crippen molar-refractivity contribution in [1.82, 2.24) is 9.80 Å². The molecule has 0 aliphatic carbocycles. The highest BCUT2D eigenvalue weighted by molar-refractivity contribution is 6.46. The van der Waals surface area contributed by atoms with Crippen molar-refractivity contribution in [2.24, 2.45) is 0 Å². The maximum atomic E-state index is 13.2. The fourth-order valence-electron chi connectivity index (χ4n) is 4.52. The molecular weight excluding hydrogens is 444 g/mol. The molecule has 7 heteroatoms. The van der Waals surface area contributed by atoms with E-state index in [2.05, 4.69) is 11.5 Å². The summed E-state index contributed by atoms with van der Waals surface area (Å²) in [6.45, 7) is 10.4. The zero-order chi connectivity index (χ0) is 24.8. The molecule has 35 heavy (non-hydrogen) atoms. The van der Waals surface area contributed by atoms with Gasteiger partial charge in [0.15, 0.2) is 0 Å². The molecule has 0 saturated carbocycles. The summed E-state index contributed by atoms with van der Waals surface area (Å²) < 4.78 is 10.9. The quantitative estimate of drug-likeness (QED) is 0.257. The van der Waals surface area contributed by atoms with Crippen LogP contribution in [0.25, 0.3) is 5.76 Å². The maximum Gasteiger partial charge on any atom is 0.295 e. The lowest BCUT2D eigenvalue weighted by Gasteiger charge is -2.29. The number of ketones is 1. The van der Waals surface area contributed by atoms with E-state index in [0.29, 0.717) is 37.7 Å². The number of carbonyl (C=O) groups is 2. The summed E-state index contributed by atoms with van der Waals surface area (Å²) in [5, 5.41) is 11.2. The lowest BCUT2D eigenvalue weighted by Crippen LogP contribution is -2.38. The number of morpholine rings is 1. The molecule has 0 bridgehead atoms. The van der Waals surface area contributed by atoms with Crippen molar-refractivity contribution in [2.75, 3.05) is 46.0 Å². The van der Waals surface area contributed by atoms with Gasteiger partial charge in [0, 0.05) is 31.7 Å². The summed E-state index contributed by atoms with van der Waals surface area (Å²) in [6, 6.07) is 13.9. The monoisotopic (exact) mass is 476 g/mol. The Morgan fingerprint density at radius 3 is 2.43 bits per heavy atom. The lowest BCUT2D eigenvalue weighted by atomic mass is 9.94. The second-order valence-electron chi connectivity index (χ2n) is 8.83. The van der Waals surface area contributed by atoms with Crippen molar-refractivity contribution < 1.29 is 24.2 Å². The van der Waals surface area contributed by atoms with Gasteiger partial charge in [0.2, 0.25) is 0 Å². The second-order valence-corrected chi connectivity index (χ2v) is 8.83. The highest BCUT2D eigenvalue weighted by Gasteiger charge is 2.45. The number of hydrogen-bond donors (Lipinski definition) is 1. The molecule has 2 heterocycles. The van der Waals surface area contributed by atoms with Crippen molar-refractivity contribution in [2.45, 2.75) is 19.4 Å². The number of aliphatic hydroxyl groups is 1. The van der Waals surface area contributed by atoms with Crippen molar-refractivity contribution in [3.63, 3.8) is 0 Å². The van der Waals surface area contributed by atoms with E-state index in [4.69, 9.17) is 9.47 Å². The molecule has 1 N–H and O–H groups in total. The van der Waals surface area contributed by atoms with Crippen LogP contribution in [-0.4, -0.2) is 72.6 Å². The molecule has 1 amide bonds. The van der Waals surface area contributed by atoms with Gasteiger partial charge in [-0.15, -0.1) is 0 Å². The van der Waals surface area contributed by atoms with Crippen LogP contribution in [-0.2, 0) is 14.3 Å². The summed E-state index contributed by atoms with van der Waals surface area (Å²) >= 11 is 0. The Morgan fingerprint density at radius 2 is 1.77 bits per heavy atom. The molecule has 2 aromatic carbocycles. The number of aliphatic hydroxyl groups excluding tert-OH is 1. The number of rotatable bonds is 9. The van der Waals surface area contributed by atoms with Gasteiger partial charge >= 0.3 is 0 Å². The number of amides is 1. The van der Waals surface area contributed by atoms with Crippen molar-refractivity contribution >= 4 is 17.4 Å². The number of Topliss-reactive ketones (excluding diaryl/α,β-unsaturated/α-hetero) is 1. The molecule has 0 spiro atoms. The molecule has 2 fully saturated rings.